The number of phenols is 1. The lowest BCUT2D eigenvalue weighted by Gasteiger charge is -2.15. The molecule has 2 amide bonds. The van der Waals surface area contributed by atoms with E-state index >= 15 is 0 Å². The van der Waals surface area contributed by atoms with E-state index in [4.69, 9.17) is 16.3 Å². The molecular weight excluding hydrogens is 370 g/mol. The Bertz CT molecular complexity index is 886. The molecule has 0 spiro atoms. The summed E-state index contributed by atoms with van der Waals surface area (Å²) in [4.78, 5) is 24.6. The third-order valence-electron chi connectivity index (χ3n) is 4.36. The molecule has 2 aromatic rings. The zero-order chi connectivity index (χ0) is 19.4. The van der Waals surface area contributed by atoms with Crippen LogP contribution in [0, 0.1) is 5.92 Å². The standard InChI is InChI=1S/C19H18ClN3O4/c1-27-15-8-13(20)7-12(17(15)24)9-22-23-19(26)16-14(10-21-18(16)25)11-5-3-2-4-6-11/h2-9,14,16,24H,10H2,1H3,(H,21,25)(H,23,26)/b22-9-. The predicted molar refractivity (Wildman–Crippen MR) is 101 cm³/mol. The molecule has 1 aliphatic rings. The third kappa shape index (κ3) is 4.03. The van der Waals surface area contributed by atoms with Crippen molar-refractivity contribution in [3.63, 3.8) is 0 Å². The van der Waals surface area contributed by atoms with E-state index in [-0.39, 0.29) is 28.9 Å². The van der Waals surface area contributed by atoms with E-state index in [0.29, 0.717) is 11.6 Å². The number of carbonyl (C=O) groups is 2. The van der Waals surface area contributed by atoms with E-state index in [1.165, 1.54) is 25.5 Å². The van der Waals surface area contributed by atoms with Crippen LogP contribution in [0.5, 0.6) is 11.5 Å². The third-order valence-corrected chi connectivity index (χ3v) is 4.58. The minimum absolute atomic E-state index is 0.152. The van der Waals surface area contributed by atoms with E-state index < -0.39 is 11.8 Å². The smallest absolute Gasteiger partial charge is 0.253 e. The van der Waals surface area contributed by atoms with Crippen molar-refractivity contribution in [2.24, 2.45) is 11.0 Å². The monoisotopic (exact) mass is 387 g/mol. The number of ether oxygens (including phenoxy) is 1. The maximum absolute atomic E-state index is 12.5. The fourth-order valence-corrected chi connectivity index (χ4v) is 3.23. The summed E-state index contributed by atoms with van der Waals surface area (Å²) in [7, 11) is 1.40. The van der Waals surface area contributed by atoms with Gasteiger partial charge in [0.05, 0.1) is 13.3 Å². The Morgan fingerprint density at radius 1 is 1.37 bits per heavy atom. The number of hydrazone groups is 1. The Hall–Kier alpha value is -3.06. The summed E-state index contributed by atoms with van der Waals surface area (Å²) in [6.45, 7) is 0.386. The zero-order valence-corrected chi connectivity index (χ0v) is 15.2. The molecule has 0 aromatic heterocycles. The first-order valence-corrected chi connectivity index (χ1v) is 8.61. The lowest BCUT2D eigenvalue weighted by Crippen LogP contribution is -2.34. The summed E-state index contributed by atoms with van der Waals surface area (Å²) in [6, 6.07) is 12.3. The van der Waals surface area contributed by atoms with Gasteiger partial charge in [0, 0.05) is 29.1 Å². The van der Waals surface area contributed by atoms with Gasteiger partial charge in [-0.15, -0.1) is 0 Å². The number of hydrogen-bond donors (Lipinski definition) is 3. The summed E-state index contributed by atoms with van der Waals surface area (Å²) >= 11 is 5.96. The van der Waals surface area contributed by atoms with E-state index in [2.05, 4.69) is 15.8 Å². The Morgan fingerprint density at radius 2 is 2.11 bits per heavy atom. The first-order chi connectivity index (χ1) is 13.0. The van der Waals surface area contributed by atoms with Crippen LogP contribution in [0.25, 0.3) is 0 Å². The van der Waals surface area contributed by atoms with Gasteiger partial charge >= 0.3 is 0 Å². The lowest BCUT2D eigenvalue weighted by molar-refractivity contribution is -0.133. The molecule has 0 saturated carbocycles. The fraction of sp³-hybridized carbons (Fsp3) is 0.211. The van der Waals surface area contributed by atoms with Gasteiger partial charge in [-0.05, 0) is 11.6 Å². The highest BCUT2D eigenvalue weighted by Gasteiger charge is 2.40. The molecule has 2 aromatic carbocycles. The predicted octanol–water partition coefficient (Wildman–Crippen LogP) is 2.03. The van der Waals surface area contributed by atoms with Gasteiger partial charge in [0.15, 0.2) is 11.5 Å². The fourth-order valence-electron chi connectivity index (χ4n) is 3.02. The van der Waals surface area contributed by atoms with Gasteiger partial charge < -0.3 is 15.2 Å². The van der Waals surface area contributed by atoms with Crippen molar-refractivity contribution in [3.8, 4) is 11.5 Å². The topological polar surface area (TPSA) is 100 Å². The molecule has 3 rings (SSSR count). The van der Waals surface area contributed by atoms with Gasteiger partial charge in [-0.3, -0.25) is 9.59 Å². The number of nitrogens with zero attached hydrogens (tertiary/aromatic N) is 1. The zero-order valence-electron chi connectivity index (χ0n) is 14.5. The van der Waals surface area contributed by atoms with Crippen LogP contribution in [-0.4, -0.2) is 36.8 Å². The molecule has 140 valence electrons. The molecule has 7 nitrogen and oxygen atoms in total. The number of nitrogens with one attached hydrogen (secondary N) is 2. The first kappa shape index (κ1) is 18.7. The molecule has 3 N–H and O–H groups in total. The van der Waals surface area contributed by atoms with Crippen molar-refractivity contribution in [2.75, 3.05) is 13.7 Å². The SMILES string of the molecule is COc1cc(Cl)cc(/C=N\NC(=O)C2C(=O)NCC2c2ccccc2)c1O. The largest absolute Gasteiger partial charge is 0.504 e. The quantitative estimate of drug-likeness (QED) is 0.415. The van der Waals surface area contributed by atoms with E-state index in [9.17, 15) is 14.7 Å². The van der Waals surface area contributed by atoms with E-state index in [1.807, 2.05) is 30.3 Å². The maximum atomic E-state index is 12.5. The summed E-state index contributed by atoms with van der Waals surface area (Å²) in [5, 5.41) is 17.0. The van der Waals surface area contributed by atoms with Crippen molar-refractivity contribution >= 4 is 29.6 Å². The molecule has 1 aliphatic heterocycles. The van der Waals surface area contributed by atoms with Crippen LogP contribution in [0.15, 0.2) is 47.6 Å². The number of amides is 2. The van der Waals surface area contributed by atoms with Gasteiger partial charge in [-0.25, -0.2) is 5.43 Å². The van der Waals surface area contributed by atoms with Crippen LogP contribution in [0.4, 0.5) is 0 Å². The van der Waals surface area contributed by atoms with Crippen molar-refractivity contribution in [1.82, 2.24) is 10.7 Å². The van der Waals surface area contributed by atoms with E-state index in [0.717, 1.165) is 5.56 Å². The van der Waals surface area contributed by atoms with E-state index in [1.54, 1.807) is 0 Å². The minimum atomic E-state index is -0.882. The number of carbonyl (C=O) groups excluding carboxylic acids is 2. The number of halogens is 1. The Kier molecular flexibility index (Phi) is 5.61. The molecule has 1 fully saturated rings. The normalized spacial score (nSPS) is 19.1. The number of aromatic hydroxyl groups is 1. The Balaban J connectivity index is 1.74. The van der Waals surface area contributed by atoms with Gasteiger partial charge in [0.25, 0.3) is 5.91 Å². The molecule has 0 aliphatic carbocycles. The van der Waals surface area contributed by atoms with Gasteiger partial charge in [0.2, 0.25) is 5.91 Å². The average molecular weight is 388 g/mol. The van der Waals surface area contributed by atoms with Gasteiger partial charge in [-0.2, -0.15) is 5.10 Å². The highest BCUT2D eigenvalue weighted by atomic mass is 35.5. The Morgan fingerprint density at radius 3 is 2.81 bits per heavy atom. The highest BCUT2D eigenvalue weighted by molar-refractivity contribution is 6.31. The van der Waals surface area contributed by atoms with Crippen molar-refractivity contribution in [3.05, 3.63) is 58.6 Å². The van der Waals surface area contributed by atoms with Crippen molar-refractivity contribution in [1.29, 1.82) is 0 Å². The number of hydrogen-bond acceptors (Lipinski definition) is 5. The van der Waals surface area contributed by atoms with Crippen LogP contribution in [0.2, 0.25) is 5.02 Å². The van der Waals surface area contributed by atoms with Gasteiger partial charge in [-0.1, -0.05) is 41.9 Å². The highest BCUT2D eigenvalue weighted by Crippen LogP contribution is 2.32. The van der Waals surface area contributed by atoms with Gasteiger partial charge in [0.1, 0.15) is 5.92 Å². The average Bonchev–Trinajstić information content (AvgIpc) is 3.06. The molecule has 8 heteroatoms. The number of methoxy groups -OCH3 is 1. The maximum Gasteiger partial charge on any atom is 0.253 e. The van der Waals surface area contributed by atoms with Crippen LogP contribution < -0.4 is 15.5 Å². The number of rotatable bonds is 5. The second kappa shape index (κ2) is 8.09. The Labute approximate surface area is 161 Å². The van der Waals surface area contributed by atoms with Crippen LogP contribution >= 0.6 is 11.6 Å². The lowest BCUT2D eigenvalue weighted by atomic mass is 9.88. The minimum Gasteiger partial charge on any atom is -0.504 e. The first-order valence-electron chi connectivity index (χ1n) is 8.23. The number of phenolic OH excluding ortho intramolecular Hbond substituents is 1. The molecule has 27 heavy (non-hydrogen) atoms. The molecule has 2 unspecified atom stereocenters. The van der Waals surface area contributed by atoms with Crippen LogP contribution in [0.1, 0.15) is 17.0 Å². The van der Waals surface area contributed by atoms with Crippen LogP contribution in [-0.2, 0) is 9.59 Å². The summed E-state index contributed by atoms with van der Waals surface area (Å²) < 4.78 is 5.02. The van der Waals surface area contributed by atoms with Crippen molar-refractivity contribution < 1.29 is 19.4 Å². The summed E-state index contributed by atoms with van der Waals surface area (Å²) in [5.74, 6) is -1.98. The second-order valence-electron chi connectivity index (χ2n) is 6.02. The van der Waals surface area contributed by atoms with Crippen LogP contribution in [0.3, 0.4) is 0 Å². The molecule has 0 bridgehead atoms. The van der Waals surface area contributed by atoms with Crippen molar-refractivity contribution in [2.45, 2.75) is 5.92 Å². The molecule has 0 radical (unpaired) electrons. The number of benzene rings is 2. The molecule has 1 heterocycles. The molecular formula is C19H18ClN3O4. The molecule has 2 atom stereocenters. The molecule has 1 saturated heterocycles. The second-order valence-corrected chi connectivity index (χ2v) is 6.46. The summed E-state index contributed by atoms with van der Waals surface area (Å²) in [5.41, 5.74) is 3.54. The summed E-state index contributed by atoms with van der Waals surface area (Å²) in [6.07, 6.45) is 1.24.